The minimum absolute atomic E-state index is 0.322. The van der Waals surface area contributed by atoms with Gasteiger partial charge in [0.25, 0.3) is 0 Å². The lowest BCUT2D eigenvalue weighted by molar-refractivity contribution is 0.103. The van der Waals surface area contributed by atoms with Gasteiger partial charge in [-0.2, -0.15) is 5.26 Å². The molecule has 2 atom stereocenters. The zero-order chi connectivity index (χ0) is 27.8. The average molecular weight is 525 g/mol. The van der Waals surface area contributed by atoms with Crippen molar-refractivity contribution in [2.45, 2.75) is 71.8 Å². The highest BCUT2D eigenvalue weighted by atomic mass is 16.5. The third kappa shape index (κ3) is 5.41. The lowest BCUT2D eigenvalue weighted by Gasteiger charge is -2.36. The number of nitrogens with two attached hydrogens (primary N) is 1. The molecule has 0 saturated carbocycles. The molecule has 1 spiro atoms. The van der Waals surface area contributed by atoms with Crippen LogP contribution in [0.5, 0.6) is 0 Å². The maximum Gasteiger partial charge on any atom is 0.0717 e. The van der Waals surface area contributed by atoms with Crippen molar-refractivity contribution in [2.75, 3.05) is 26.4 Å². The van der Waals surface area contributed by atoms with Crippen molar-refractivity contribution in [2.24, 2.45) is 11.7 Å². The Morgan fingerprint density at radius 3 is 2.54 bits per heavy atom. The number of fused-ring (bicyclic) bond motifs is 5. The van der Waals surface area contributed by atoms with Gasteiger partial charge in [-0.05, 0) is 82.2 Å². The molecular formula is C35H44N2O2. The standard InChI is InChI=1S/C35H44N2O2/c1-5-8-13-31-25(4)28(7-3)33(21-26(6-2)23-39-20-18-37)35(31)32-14-10-9-12-29(32)30-16-15-27(22-34(30)35)24-38-19-11-17-36/h8-10,12-16,22,26H,5-7,11,18-21,23-24,37H2,1-4H3/b13-8-. The third-order valence-corrected chi connectivity index (χ3v) is 8.37. The van der Waals surface area contributed by atoms with Crippen molar-refractivity contribution in [1.82, 2.24) is 0 Å². The van der Waals surface area contributed by atoms with E-state index >= 15 is 0 Å². The second-order valence-electron chi connectivity index (χ2n) is 10.6. The summed E-state index contributed by atoms with van der Waals surface area (Å²) >= 11 is 0. The van der Waals surface area contributed by atoms with E-state index in [0.29, 0.717) is 38.7 Å². The van der Waals surface area contributed by atoms with Crippen LogP contribution in [0, 0.1) is 17.2 Å². The summed E-state index contributed by atoms with van der Waals surface area (Å²) in [4.78, 5) is 0. The monoisotopic (exact) mass is 524 g/mol. The van der Waals surface area contributed by atoms with Gasteiger partial charge >= 0.3 is 0 Å². The Balaban J connectivity index is 1.93. The number of rotatable bonds is 14. The number of allylic oxidation sites excluding steroid dienone is 6. The van der Waals surface area contributed by atoms with Gasteiger partial charge in [0.1, 0.15) is 0 Å². The molecule has 4 rings (SSSR count). The van der Waals surface area contributed by atoms with Gasteiger partial charge in [0.2, 0.25) is 0 Å². The molecule has 2 aliphatic carbocycles. The van der Waals surface area contributed by atoms with Crippen LogP contribution in [-0.2, 0) is 21.5 Å². The van der Waals surface area contributed by atoms with Crippen LogP contribution in [-0.4, -0.2) is 26.4 Å². The molecule has 0 aromatic heterocycles. The first-order chi connectivity index (χ1) is 19.1. The Hall–Kier alpha value is -2.97. The SMILES string of the molecule is CC/C=C\C1=C(C)C(CC)=C(CC(CC)COCCN)C12c1ccccc1-c1ccc(COCCC#N)cc12. The molecule has 0 bridgehead atoms. The summed E-state index contributed by atoms with van der Waals surface area (Å²) < 4.78 is 11.9. The molecule has 39 heavy (non-hydrogen) atoms. The lowest BCUT2D eigenvalue weighted by Crippen LogP contribution is -2.30. The van der Waals surface area contributed by atoms with Crippen LogP contribution in [0.4, 0.5) is 0 Å². The van der Waals surface area contributed by atoms with E-state index < -0.39 is 0 Å². The molecule has 0 saturated heterocycles. The predicted octanol–water partition coefficient (Wildman–Crippen LogP) is 7.78. The van der Waals surface area contributed by atoms with E-state index in [4.69, 9.17) is 20.5 Å². The number of nitrogens with zero attached hydrogens (tertiary/aromatic N) is 1. The van der Waals surface area contributed by atoms with Crippen molar-refractivity contribution in [3.05, 3.63) is 93.6 Å². The van der Waals surface area contributed by atoms with Gasteiger partial charge in [-0.25, -0.2) is 0 Å². The topological polar surface area (TPSA) is 68.3 Å². The third-order valence-electron chi connectivity index (χ3n) is 8.37. The first-order valence-corrected chi connectivity index (χ1v) is 14.6. The predicted molar refractivity (Wildman–Crippen MR) is 160 cm³/mol. The van der Waals surface area contributed by atoms with E-state index in [-0.39, 0.29) is 5.41 Å². The van der Waals surface area contributed by atoms with Crippen LogP contribution in [0.2, 0.25) is 0 Å². The zero-order valence-electron chi connectivity index (χ0n) is 24.2. The summed E-state index contributed by atoms with van der Waals surface area (Å²) in [5.41, 5.74) is 17.8. The van der Waals surface area contributed by atoms with E-state index in [1.54, 1.807) is 0 Å². The summed E-state index contributed by atoms with van der Waals surface area (Å²) in [6.07, 6.45) is 9.16. The fourth-order valence-electron chi connectivity index (χ4n) is 6.58. The molecule has 4 nitrogen and oxygen atoms in total. The van der Waals surface area contributed by atoms with Crippen LogP contribution >= 0.6 is 0 Å². The molecule has 2 aromatic carbocycles. The highest BCUT2D eigenvalue weighted by Gasteiger charge is 2.52. The Kier molecular flexibility index (Phi) is 9.97. The highest BCUT2D eigenvalue weighted by Crippen LogP contribution is 2.63. The molecule has 2 aliphatic rings. The van der Waals surface area contributed by atoms with Gasteiger partial charge in [0, 0.05) is 13.2 Å². The summed E-state index contributed by atoms with van der Waals surface area (Å²) in [6, 6.07) is 18.0. The molecule has 0 fully saturated rings. The normalized spacial score (nSPS) is 18.8. The smallest absolute Gasteiger partial charge is 0.0717 e. The molecule has 0 amide bonds. The maximum atomic E-state index is 8.93. The van der Waals surface area contributed by atoms with Gasteiger partial charge in [-0.15, -0.1) is 0 Å². The summed E-state index contributed by atoms with van der Waals surface area (Å²) in [5, 5.41) is 8.93. The van der Waals surface area contributed by atoms with Crippen LogP contribution in [0.3, 0.4) is 0 Å². The van der Waals surface area contributed by atoms with Gasteiger partial charge in [-0.3, -0.25) is 0 Å². The van der Waals surface area contributed by atoms with Crippen LogP contribution in [0.25, 0.3) is 11.1 Å². The Labute approximate surface area is 235 Å². The van der Waals surface area contributed by atoms with Crippen LogP contribution in [0.15, 0.2) is 76.9 Å². The minimum Gasteiger partial charge on any atom is -0.380 e. The number of hydrogen-bond donors (Lipinski definition) is 1. The molecule has 4 heteroatoms. The quantitative estimate of drug-likeness (QED) is 0.256. The number of benzene rings is 2. The molecule has 2 aromatic rings. The molecular weight excluding hydrogens is 480 g/mol. The van der Waals surface area contributed by atoms with E-state index in [1.807, 2.05) is 0 Å². The molecule has 2 unspecified atom stereocenters. The van der Waals surface area contributed by atoms with Gasteiger partial charge in [-0.1, -0.05) is 81.8 Å². The van der Waals surface area contributed by atoms with Gasteiger partial charge < -0.3 is 15.2 Å². The summed E-state index contributed by atoms with van der Waals surface area (Å²) in [6.45, 7) is 11.9. The highest BCUT2D eigenvalue weighted by molar-refractivity contribution is 5.89. The summed E-state index contributed by atoms with van der Waals surface area (Å²) in [7, 11) is 0. The van der Waals surface area contributed by atoms with E-state index in [2.05, 4.69) is 88.4 Å². The largest absolute Gasteiger partial charge is 0.380 e. The van der Waals surface area contributed by atoms with Crippen molar-refractivity contribution < 1.29 is 9.47 Å². The Morgan fingerprint density at radius 2 is 1.82 bits per heavy atom. The Bertz CT molecular complexity index is 1300. The van der Waals surface area contributed by atoms with Crippen molar-refractivity contribution >= 4 is 0 Å². The first kappa shape index (κ1) is 29.0. The molecule has 0 aliphatic heterocycles. The Morgan fingerprint density at radius 1 is 1.03 bits per heavy atom. The average Bonchev–Trinajstić information content (AvgIpc) is 3.37. The molecule has 0 radical (unpaired) electrons. The number of ether oxygens (including phenoxy) is 2. The van der Waals surface area contributed by atoms with Crippen molar-refractivity contribution in [1.29, 1.82) is 5.26 Å². The number of nitriles is 1. The fourth-order valence-corrected chi connectivity index (χ4v) is 6.58. The molecule has 0 heterocycles. The van der Waals surface area contributed by atoms with E-state index in [1.165, 1.54) is 44.5 Å². The molecule has 206 valence electrons. The lowest BCUT2D eigenvalue weighted by atomic mass is 9.66. The second kappa shape index (κ2) is 13.4. The maximum absolute atomic E-state index is 8.93. The second-order valence-corrected chi connectivity index (χ2v) is 10.6. The van der Waals surface area contributed by atoms with Crippen molar-refractivity contribution in [3.8, 4) is 17.2 Å². The minimum atomic E-state index is -0.322. The fraction of sp³-hybridized carbons (Fsp3) is 0.457. The van der Waals surface area contributed by atoms with Gasteiger partial charge in [0.05, 0.1) is 37.7 Å². The van der Waals surface area contributed by atoms with Gasteiger partial charge in [0.15, 0.2) is 0 Å². The number of hydrogen-bond acceptors (Lipinski definition) is 4. The first-order valence-electron chi connectivity index (χ1n) is 14.6. The zero-order valence-corrected chi connectivity index (χ0v) is 24.2. The van der Waals surface area contributed by atoms with Crippen molar-refractivity contribution in [3.63, 3.8) is 0 Å². The van der Waals surface area contributed by atoms with Crippen LogP contribution in [0.1, 0.15) is 76.5 Å². The summed E-state index contributed by atoms with van der Waals surface area (Å²) in [5.74, 6) is 0.418. The molecule has 2 N–H and O–H groups in total. The van der Waals surface area contributed by atoms with E-state index in [0.717, 1.165) is 37.9 Å². The van der Waals surface area contributed by atoms with Crippen LogP contribution < -0.4 is 5.73 Å². The van der Waals surface area contributed by atoms with E-state index in [9.17, 15) is 0 Å².